The smallest absolute Gasteiger partial charge is 0.308 e. The van der Waals surface area contributed by atoms with Gasteiger partial charge in [-0.05, 0) is 32.6 Å². The third-order valence-corrected chi connectivity index (χ3v) is 4.62. The van der Waals surface area contributed by atoms with Gasteiger partial charge in [0, 0.05) is 0 Å². The minimum absolute atomic E-state index is 0.120. The summed E-state index contributed by atoms with van der Waals surface area (Å²) in [7, 11) is 0. The van der Waals surface area contributed by atoms with Crippen molar-refractivity contribution in [3.05, 3.63) is 0 Å². The molecule has 1 rings (SSSR count). The van der Waals surface area contributed by atoms with Crippen molar-refractivity contribution in [1.29, 1.82) is 0 Å². The van der Waals surface area contributed by atoms with Crippen molar-refractivity contribution >= 4 is 11.9 Å². The zero-order valence-corrected chi connectivity index (χ0v) is 15.0. The van der Waals surface area contributed by atoms with Gasteiger partial charge in [-0.25, -0.2) is 0 Å². The summed E-state index contributed by atoms with van der Waals surface area (Å²) in [6.07, 6.45) is 11.7. The number of unbranched alkanes of at least 4 members (excludes halogenated alkanes) is 6. The van der Waals surface area contributed by atoms with Crippen LogP contribution in [0.15, 0.2) is 0 Å². The van der Waals surface area contributed by atoms with Crippen molar-refractivity contribution in [1.82, 2.24) is 0 Å². The average molecular weight is 326 g/mol. The van der Waals surface area contributed by atoms with Gasteiger partial charge in [0.1, 0.15) is 0 Å². The number of carbonyl (C=O) groups is 2. The number of hydrogen-bond donors (Lipinski definition) is 0. The summed E-state index contributed by atoms with van der Waals surface area (Å²) in [4.78, 5) is 23.9. The third-order valence-electron chi connectivity index (χ3n) is 4.62. The monoisotopic (exact) mass is 326 g/mol. The summed E-state index contributed by atoms with van der Waals surface area (Å²) in [5.74, 6) is -0.524. The van der Waals surface area contributed by atoms with Crippen molar-refractivity contribution in [2.45, 2.75) is 84.5 Å². The first-order valence-corrected chi connectivity index (χ1v) is 9.52. The Bertz CT molecular complexity index is 340. The van der Waals surface area contributed by atoms with E-state index in [0.29, 0.717) is 19.6 Å². The van der Waals surface area contributed by atoms with E-state index in [4.69, 9.17) is 9.47 Å². The van der Waals surface area contributed by atoms with Crippen molar-refractivity contribution in [3.63, 3.8) is 0 Å². The lowest BCUT2D eigenvalue weighted by Crippen LogP contribution is -2.29. The Morgan fingerprint density at radius 1 is 0.826 bits per heavy atom. The highest BCUT2D eigenvalue weighted by atomic mass is 16.5. The standard InChI is InChI=1S/C19H34O4/c1-3-5-6-7-8-9-10-14-23-19(21)17-13-11-12-16(15-17)18(20)22-4-2/h16-17H,3-15H2,1-2H3. The van der Waals surface area contributed by atoms with Crippen LogP contribution in [0.3, 0.4) is 0 Å². The van der Waals surface area contributed by atoms with Crippen LogP contribution >= 0.6 is 0 Å². The van der Waals surface area contributed by atoms with Crippen LogP contribution in [0.25, 0.3) is 0 Å². The van der Waals surface area contributed by atoms with E-state index < -0.39 is 0 Å². The maximum Gasteiger partial charge on any atom is 0.308 e. The summed E-state index contributed by atoms with van der Waals surface area (Å²) < 4.78 is 10.5. The molecule has 0 saturated heterocycles. The molecule has 1 fully saturated rings. The molecule has 0 aromatic rings. The van der Waals surface area contributed by atoms with Crippen LogP contribution in [0.2, 0.25) is 0 Å². The van der Waals surface area contributed by atoms with E-state index >= 15 is 0 Å². The molecule has 2 atom stereocenters. The highest BCUT2D eigenvalue weighted by molar-refractivity contribution is 5.76. The summed E-state index contributed by atoms with van der Waals surface area (Å²) >= 11 is 0. The minimum Gasteiger partial charge on any atom is -0.466 e. The second kappa shape index (κ2) is 12.4. The summed E-state index contributed by atoms with van der Waals surface area (Å²) in [6, 6.07) is 0. The van der Waals surface area contributed by atoms with E-state index in [2.05, 4.69) is 6.92 Å². The molecule has 0 aromatic heterocycles. The first kappa shape index (κ1) is 20.0. The van der Waals surface area contributed by atoms with E-state index in [-0.39, 0.29) is 23.8 Å². The Kier molecular flexibility index (Phi) is 10.8. The van der Waals surface area contributed by atoms with Gasteiger partial charge in [-0.1, -0.05) is 51.9 Å². The normalized spacial score (nSPS) is 21.0. The molecule has 1 aliphatic carbocycles. The molecule has 0 aliphatic heterocycles. The molecule has 0 heterocycles. The van der Waals surface area contributed by atoms with E-state index in [1.807, 2.05) is 6.92 Å². The number of rotatable bonds is 11. The van der Waals surface area contributed by atoms with E-state index in [1.54, 1.807) is 0 Å². The van der Waals surface area contributed by atoms with Crippen molar-refractivity contribution in [3.8, 4) is 0 Å². The molecule has 23 heavy (non-hydrogen) atoms. The SMILES string of the molecule is CCCCCCCCCOC(=O)C1CCCC(C(=O)OCC)C1. The zero-order valence-electron chi connectivity index (χ0n) is 15.0. The van der Waals surface area contributed by atoms with Crippen molar-refractivity contribution < 1.29 is 19.1 Å². The van der Waals surface area contributed by atoms with Crippen molar-refractivity contribution in [2.24, 2.45) is 11.8 Å². The third kappa shape index (κ3) is 8.38. The summed E-state index contributed by atoms with van der Waals surface area (Å²) in [5, 5.41) is 0. The van der Waals surface area contributed by atoms with Gasteiger partial charge in [0.15, 0.2) is 0 Å². The topological polar surface area (TPSA) is 52.6 Å². The molecule has 4 heteroatoms. The lowest BCUT2D eigenvalue weighted by atomic mass is 9.81. The fourth-order valence-electron chi connectivity index (χ4n) is 3.23. The zero-order chi connectivity index (χ0) is 16.9. The molecular formula is C19H34O4. The van der Waals surface area contributed by atoms with Crippen LogP contribution in [0.5, 0.6) is 0 Å². The number of carbonyl (C=O) groups excluding carboxylic acids is 2. The van der Waals surface area contributed by atoms with Crippen LogP contribution in [0.4, 0.5) is 0 Å². The summed E-state index contributed by atoms with van der Waals surface area (Å²) in [5.41, 5.74) is 0. The maximum absolute atomic E-state index is 12.1. The fourth-order valence-corrected chi connectivity index (χ4v) is 3.23. The number of esters is 2. The molecule has 0 amide bonds. The second-order valence-electron chi connectivity index (χ2n) is 6.60. The van der Waals surface area contributed by atoms with E-state index in [1.165, 1.54) is 32.1 Å². The Hall–Kier alpha value is -1.06. The molecule has 1 aliphatic rings. The minimum atomic E-state index is -0.155. The molecule has 2 unspecified atom stereocenters. The van der Waals surface area contributed by atoms with Gasteiger partial charge in [0.25, 0.3) is 0 Å². The van der Waals surface area contributed by atoms with Crippen LogP contribution in [0, 0.1) is 11.8 Å². The maximum atomic E-state index is 12.1. The quantitative estimate of drug-likeness (QED) is 0.410. The summed E-state index contributed by atoms with van der Waals surface area (Å²) in [6.45, 7) is 4.96. The Labute approximate surface area is 141 Å². The van der Waals surface area contributed by atoms with Gasteiger partial charge in [-0.3, -0.25) is 9.59 Å². The number of hydrogen-bond acceptors (Lipinski definition) is 4. The first-order valence-electron chi connectivity index (χ1n) is 9.52. The van der Waals surface area contributed by atoms with Gasteiger partial charge in [0.05, 0.1) is 25.0 Å². The largest absolute Gasteiger partial charge is 0.466 e. The van der Waals surface area contributed by atoms with Gasteiger partial charge in [-0.15, -0.1) is 0 Å². The molecule has 0 radical (unpaired) electrons. The second-order valence-corrected chi connectivity index (χ2v) is 6.60. The highest BCUT2D eigenvalue weighted by Gasteiger charge is 2.32. The molecule has 134 valence electrons. The molecular weight excluding hydrogens is 292 g/mol. The molecule has 1 saturated carbocycles. The van der Waals surface area contributed by atoms with E-state index in [9.17, 15) is 9.59 Å². The van der Waals surface area contributed by atoms with Crippen LogP contribution in [-0.4, -0.2) is 25.2 Å². The van der Waals surface area contributed by atoms with Crippen LogP contribution in [0.1, 0.15) is 84.5 Å². The Balaban J connectivity index is 2.13. The van der Waals surface area contributed by atoms with Crippen LogP contribution in [-0.2, 0) is 19.1 Å². The number of ether oxygens (including phenoxy) is 2. The van der Waals surface area contributed by atoms with Gasteiger partial charge >= 0.3 is 11.9 Å². The molecule has 4 nitrogen and oxygen atoms in total. The highest BCUT2D eigenvalue weighted by Crippen LogP contribution is 2.30. The predicted molar refractivity (Wildman–Crippen MR) is 91.0 cm³/mol. The predicted octanol–water partition coefficient (Wildman–Crippen LogP) is 4.65. The molecule has 0 N–H and O–H groups in total. The fraction of sp³-hybridized carbons (Fsp3) is 0.895. The van der Waals surface area contributed by atoms with E-state index in [0.717, 1.165) is 32.1 Å². The molecule has 0 aromatic carbocycles. The van der Waals surface area contributed by atoms with Crippen molar-refractivity contribution in [2.75, 3.05) is 13.2 Å². The van der Waals surface area contributed by atoms with Gasteiger partial charge in [-0.2, -0.15) is 0 Å². The Morgan fingerprint density at radius 3 is 2.00 bits per heavy atom. The first-order chi connectivity index (χ1) is 11.2. The lowest BCUT2D eigenvalue weighted by molar-refractivity contribution is -0.154. The molecule has 0 bridgehead atoms. The molecule has 0 spiro atoms. The van der Waals surface area contributed by atoms with Crippen LogP contribution < -0.4 is 0 Å². The van der Waals surface area contributed by atoms with Gasteiger partial charge in [0.2, 0.25) is 0 Å². The lowest BCUT2D eigenvalue weighted by Gasteiger charge is -2.26. The van der Waals surface area contributed by atoms with Gasteiger partial charge < -0.3 is 9.47 Å². The average Bonchev–Trinajstić information content (AvgIpc) is 2.57. The Morgan fingerprint density at radius 2 is 1.39 bits per heavy atom.